The molecule has 0 spiro atoms. The zero-order valence-corrected chi connectivity index (χ0v) is 11.0. The summed E-state index contributed by atoms with van der Waals surface area (Å²) in [5.74, 6) is -1.89. The predicted molar refractivity (Wildman–Crippen MR) is 64.4 cm³/mol. The van der Waals surface area contributed by atoms with Crippen molar-refractivity contribution in [1.82, 2.24) is 9.97 Å². The van der Waals surface area contributed by atoms with Gasteiger partial charge >= 0.3 is 6.18 Å². The lowest BCUT2D eigenvalue weighted by Gasteiger charge is -2.28. The van der Waals surface area contributed by atoms with Crippen molar-refractivity contribution in [2.75, 3.05) is 7.11 Å². The van der Waals surface area contributed by atoms with Crippen molar-refractivity contribution < 1.29 is 22.7 Å². The third-order valence-electron chi connectivity index (χ3n) is 3.65. The molecule has 4 nitrogen and oxygen atoms in total. The molecule has 0 N–H and O–H groups in total. The zero-order valence-electron chi connectivity index (χ0n) is 11.0. The lowest BCUT2D eigenvalue weighted by molar-refractivity contribution is -0.183. The smallest absolute Gasteiger partial charge is 0.391 e. The van der Waals surface area contributed by atoms with Crippen LogP contribution in [0.15, 0.2) is 12.4 Å². The number of alkyl halides is 3. The lowest BCUT2D eigenvalue weighted by Crippen LogP contribution is -2.30. The molecule has 1 fully saturated rings. The summed E-state index contributed by atoms with van der Waals surface area (Å²) in [7, 11) is 1.38. The average Bonchev–Trinajstić information content (AvgIpc) is 2.45. The highest BCUT2D eigenvalue weighted by atomic mass is 19.4. The molecule has 1 aliphatic carbocycles. The molecule has 0 radical (unpaired) electrons. The predicted octanol–water partition coefficient (Wildman–Crippen LogP) is 3.04. The second-order valence-corrected chi connectivity index (χ2v) is 4.87. The number of carbonyl (C=O) groups is 1. The van der Waals surface area contributed by atoms with E-state index < -0.39 is 18.0 Å². The van der Waals surface area contributed by atoms with Gasteiger partial charge in [-0.3, -0.25) is 4.79 Å². The van der Waals surface area contributed by atoms with E-state index in [0.717, 1.165) is 0 Å². The van der Waals surface area contributed by atoms with Gasteiger partial charge in [0.2, 0.25) is 5.88 Å². The van der Waals surface area contributed by atoms with Gasteiger partial charge in [0.1, 0.15) is 0 Å². The van der Waals surface area contributed by atoms with Crippen LogP contribution in [0.2, 0.25) is 0 Å². The molecule has 2 rings (SSSR count). The Bertz CT molecular complexity index is 483. The normalized spacial score (nSPS) is 23.4. The Hall–Kier alpha value is -1.66. The standard InChI is InChI=1S/C13H15F3N2O2/c1-20-12-10(17-6-7-18-12)11(19)8-2-4-9(5-3-8)13(14,15)16/h6-9H,2-5H2,1H3. The van der Waals surface area contributed by atoms with Gasteiger partial charge in [0.05, 0.1) is 13.0 Å². The first-order valence-electron chi connectivity index (χ1n) is 6.39. The zero-order chi connectivity index (χ0) is 14.8. The third kappa shape index (κ3) is 3.08. The second kappa shape index (κ2) is 5.76. The summed E-state index contributed by atoms with van der Waals surface area (Å²) in [6, 6.07) is 0. The van der Waals surface area contributed by atoms with Crippen LogP contribution >= 0.6 is 0 Å². The lowest BCUT2D eigenvalue weighted by atomic mass is 9.79. The summed E-state index contributed by atoms with van der Waals surface area (Å²) in [6.07, 6.45) is -0.970. The van der Waals surface area contributed by atoms with E-state index >= 15 is 0 Å². The van der Waals surface area contributed by atoms with Crippen LogP contribution in [0, 0.1) is 11.8 Å². The van der Waals surface area contributed by atoms with Crippen molar-refractivity contribution in [3.05, 3.63) is 18.1 Å². The molecule has 0 bridgehead atoms. The van der Waals surface area contributed by atoms with Gasteiger partial charge in [-0.05, 0) is 25.7 Å². The van der Waals surface area contributed by atoms with Gasteiger partial charge in [-0.15, -0.1) is 0 Å². The molecule has 0 aliphatic heterocycles. The van der Waals surface area contributed by atoms with Crippen molar-refractivity contribution in [3.8, 4) is 5.88 Å². The van der Waals surface area contributed by atoms with E-state index in [9.17, 15) is 18.0 Å². The van der Waals surface area contributed by atoms with Crippen molar-refractivity contribution >= 4 is 5.78 Å². The average molecular weight is 288 g/mol. The van der Waals surface area contributed by atoms with E-state index in [1.165, 1.54) is 19.5 Å². The van der Waals surface area contributed by atoms with E-state index in [-0.39, 0.29) is 43.0 Å². The summed E-state index contributed by atoms with van der Waals surface area (Å²) in [6.45, 7) is 0. The van der Waals surface area contributed by atoms with Crippen LogP contribution in [0.25, 0.3) is 0 Å². The van der Waals surface area contributed by atoms with Gasteiger partial charge in [0.25, 0.3) is 0 Å². The van der Waals surface area contributed by atoms with Gasteiger partial charge in [-0.2, -0.15) is 13.2 Å². The molecule has 0 saturated heterocycles. The Morgan fingerprint density at radius 1 is 1.20 bits per heavy atom. The van der Waals surface area contributed by atoms with E-state index in [4.69, 9.17) is 4.74 Å². The highest BCUT2D eigenvalue weighted by molar-refractivity contribution is 5.98. The first kappa shape index (κ1) is 14.7. The monoisotopic (exact) mass is 288 g/mol. The van der Waals surface area contributed by atoms with Crippen LogP contribution in [0.5, 0.6) is 5.88 Å². The maximum absolute atomic E-state index is 12.6. The minimum Gasteiger partial charge on any atom is -0.479 e. The maximum Gasteiger partial charge on any atom is 0.391 e. The Morgan fingerprint density at radius 2 is 1.80 bits per heavy atom. The Labute approximate surface area is 114 Å². The van der Waals surface area contributed by atoms with Crippen molar-refractivity contribution in [2.24, 2.45) is 11.8 Å². The number of carbonyl (C=O) groups excluding carboxylic acids is 1. The summed E-state index contributed by atoms with van der Waals surface area (Å²) >= 11 is 0. The second-order valence-electron chi connectivity index (χ2n) is 4.87. The number of methoxy groups -OCH3 is 1. The van der Waals surface area contributed by atoms with Crippen molar-refractivity contribution in [2.45, 2.75) is 31.9 Å². The molecule has 110 valence electrons. The number of ether oxygens (including phenoxy) is 1. The van der Waals surface area contributed by atoms with Crippen LogP contribution in [-0.2, 0) is 0 Å². The van der Waals surface area contributed by atoms with Crippen molar-refractivity contribution in [1.29, 1.82) is 0 Å². The number of hydrogen-bond donors (Lipinski definition) is 0. The summed E-state index contributed by atoms with van der Waals surface area (Å²) < 4.78 is 42.7. The molecule has 1 aliphatic rings. The number of Topliss-reactive ketones (excluding diaryl/α,β-unsaturated/α-hetero) is 1. The van der Waals surface area contributed by atoms with E-state index in [0.29, 0.717) is 0 Å². The van der Waals surface area contributed by atoms with Crippen LogP contribution in [0.4, 0.5) is 13.2 Å². The molecule has 7 heteroatoms. The molecule has 20 heavy (non-hydrogen) atoms. The van der Waals surface area contributed by atoms with Crippen LogP contribution < -0.4 is 4.74 Å². The molecular formula is C13H15F3N2O2. The van der Waals surface area contributed by atoms with E-state index in [1.54, 1.807) is 0 Å². The highest BCUT2D eigenvalue weighted by Crippen LogP contribution is 2.40. The summed E-state index contributed by atoms with van der Waals surface area (Å²) in [5, 5.41) is 0. The van der Waals surface area contributed by atoms with Crippen LogP contribution in [0.1, 0.15) is 36.2 Å². The fourth-order valence-electron chi connectivity index (χ4n) is 2.52. The highest BCUT2D eigenvalue weighted by Gasteiger charge is 2.42. The molecule has 0 aromatic carbocycles. The maximum atomic E-state index is 12.6. The molecule has 1 saturated carbocycles. The topological polar surface area (TPSA) is 52.1 Å². The fraction of sp³-hybridized carbons (Fsp3) is 0.615. The number of hydrogen-bond acceptors (Lipinski definition) is 4. The Balaban J connectivity index is 2.05. The van der Waals surface area contributed by atoms with Gasteiger partial charge < -0.3 is 4.74 Å². The Morgan fingerprint density at radius 3 is 2.35 bits per heavy atom. The quantitative estimate of drug-likeness (QED) is 0.802. The number of ketones is 1. The van der Waals surface area contributed by atoms with E-state index in [1.807, 2.05) is 0 Å². The van der Waals surface area contributed by atoms with Gasteiger partial charge in [0, 0.05) is 18.3 Å². The molecule has 1 heterocycles. The number of aromatic nitrogens is 2. The number of halogens is 3. The number of rotatable bonds is 3. The summed E-state index contributed by atoms with van der Waals surface area (Å²) in [5.41, 5.74) is 0.102. The van der Waals surface area contributed by atoms with Gasteiger partial charge in [-0.25, -0.2) is 9.97 Å². The summed E-state index contributed by atoms with van der Waals surface area (Å²) in [4.78, 5) is 20.1. The van der Waals surface area contributed by atoms with Crippen LogP contribution in [-0.4, -0.2) is 29.0 Å². The molecule has 0 amide bonds. The van der Waals surface area contributed by atoms with Gasteiger partial charge in [-0.1, -0.05) is 0 Å². The van der Waals surface area contributed by atoms with Crippen LogP contribution in [0.3, 0.4) is 0 Å². The molecule has 0 atom stereocenters. The number of nitrogens with zero attached hydrogens (tertiary/aromatic N) is 2. The molecule has 1 aromatic heterocycles. The minimum atomic E-state index is -4.17. The molecule has 0 unspecified atom stereocenters. The largest absolute Gasteiger partial charge is 0.479 e. The minimum absolute atomic E-state index is 0.0114. The fourth-order valence-corrected chi connectivity index (χ4v) is 2.52. The molecular weight excluding hydrogens is 273 g/mol. The first-order chi connectivity index (χ1) is 9.43. The third-order valence-corrected chi connectivity index (χ3v) is 3.65. The Kier molecular flexibility index (Phi) is 4.25. The van der Waals surface area contributed by atoms with Gasteiger partial charge in [0.15, 0.2) is 11.5 Å². The molecule has 1 aromatic rings. The SMILES string of the molecule is COc1nccnc1C(=O)C1CCC(C(F)(F)F)CC1. The van der Waals surface area contributed by atoms with Crippen molar-refractivity contribution in [3.63, 3.8) is 0 Å². The van der Waals surface area contributed by atoms with E-state index in [2.05, 4.69) is 9.97 Å². The first-order valence-corrected chi connectivity index (χ1v) is 6.39.